The lowest BCUT2D eigenvalue weighted by Gasteiger charge is -2.32. The number of imidazole rings is 1. The molecule has 1 N–H and O–H groups in total. The van der Waals surface area contributed by atoms with Crippen molar-refractivity contribution >= 4 is 11.0 Å². The van der Waals surface area contributed by atoms with Gasteiger partial charge in [0.2, 0.25) is 0 Å². The van der Waals surface area contributed by atoms with Gasteiger partial charge in [0.1, 0.15) is 12.4 Å². The second kappa shape index (κ2) is 8.14. The third-order valence-corrected chi connectivity index (χ3v) is 5.25. The number of H-pyrrole nitrogens is 1. The van der Waals surface area contributed by atoms with Crippen molar-refractivity contribution in [3.05, 3.63) is 64.6 Å². The summed E-state index contributed by atoms with van der Waals surface area (Å²) in [5, 5.41) is 0. The Morgan fingerprint density at radius 3 is 2.50 bits per heavy atom. The number of rotatable bonds is 6. The first-order valence-corrected chi connectivity index (χ1v) is 9.51. The summed E-state index contributed by atoms with van der Waals surface area (Å²) in [5.74, 6) is 0.460. The van der Waals surface area contributed by atoms with Crippen molar-refractivity contribution in [2.24, 2.45) is 0 Å². The van der Waals surface area contributed by atoms with Crippen LogP contribution in [0.3, 0.4) is 0 Å². The monoisotopic (exact) mass is 387 g/mol. The van der Waals surface area contributed by atoms with Crippen molar-refractivity contribution in [2.45, 2.75) is 31.9 Å². The number of hydrogen-bond acceptors (Lipinski definition) is 3. The molecule has 0 aliphatic carbocycles. The normalized spacial score (nSPS) is 16.1. The van der Waals surface area contributed by atoms with Gasteiger partial charge in [0, 0.05) is 25.7 Å². The van der Waals surface area contributed by atoms with E-state index in [4.69, 9.17) is 4.74 Å². The van der Waals surface area contributed by atoms with Crippen molar-refractivity contribution < 1.29 is 13.5 Å². The molecule has 2 aromatic carbocycles. The predicted octanol–water partition coefficient (Wildman–Crippen LogP) is 3.81. The van der Waals surface area contributed by atoms with Crippen LogP contribution in [0.5, 0.6) is 5.75 Å². The maximum absolute atomic E-state index is 12.4. The number of aromatic amines is 1. The number of nitrogens with zero attached hydrogens (tertiary/aromatic N) is 2. The number of hydrogen-bond donors (Lipinski definition) is 1. The molecule has 2 heterocycles. The van der Waals surface area contributed by atoms with Crippen LogP contribution in [0.1, 0.15) is 24.4 Å². The zero-order valence-electron chi connectivity index (χ0n) is 15.5. The standard InChI is InChI=1S/C21H23F2N3O2/c22-20(23)14-28-17-7-5-15(6-8-17)13-25-11-9-16(10-12-25)26-19-4-2-1-3-18(19)24-21(26)27/h1-8,16,20H,9-14H2,(H,24,27). The minimum Gasteiger partial charge on any atom is -0.488 e. The fourth-order valence-electron chi connectivity index (χ4n) is 3.88. The van der Waals surface area contributed by atoms with E-state index >= 15 is 0 Å². The fraction of sp³-hybridized carbons (Fsp3) is 0.381. The summed E-state index contributed by atoms with van der Waals surface area (Å²) in [7, 11) is 0. The maximum atomic E-state index is 12.4. The molecule has 1 aliphatic heterocycles. The number of para-hydroxylation sites is 2. The van der Waals surface area contributed by atoms with Gasteiger partial charge in [-0.05, 0) is 42.7 Å². The van der Waals surface area contributed by atoms with E-state index in [1.165, 1.54) is 0 Å². The molecular weight excluding hydrogens is 364 g/mol. The molecule has 0 radical (unpaired) electrons. The summed E-state index contributed by atoms with van der Waals surface area (Å²) in [6, 6.07) is 15.3. The number of fused-ring (bicyclic) bond motifs is 1. The summed E-state index contributed by atoms with van der Waals surface area (Å²) >= 11 is 0. The van der Waals surface area contributed by atoms with Crippen LogP contribution in [0.2, 0.25) is 0 Å². The molecule has 28 heavy (non-hydrogen) atoms. The molecule has 4 rings (SSSR count). The summed E-state index contributed by atoms with van der Waals surface area (Å²) in [6.45, 7) is 2.02. The molecule has 3 aromatic rings. The van der Waals surface area contributed by atoms with Crippen molar-refractivity contribution in [3.8, 4) is 5.75 Å². The smallest absolute Gasteiger partial charge is 0.326 e. The summed E-state index contributed by atoms with van der Waals surface area (Å²) in [6.07, 6.45) is -0.639. The molecule has 148 valence electrons. The van der Waals surface area contributed by atoms with Crippen molar-refractivity contribution in [2.75, 3.05) is 19.7 Å². The molecule has 0 saturated carbocycles. The highest BCUT2D eigenvalue weighted by Gasteiger charge is 2.23. The van der Waals surface area contributed by atoms with Gasteiger partial charge < -0.3 is 9.72 Å². The number of halogens is 2. The molecular formula is C21H23F2N3O2. The van der Waals surface area contributed by atoms with Crippen LogP contribution in [0.25, 0.3) is 11.0 Å². The molecule has 0 amide bonds. The van der Waals surface area contributed by atoms with Gasteiger partial charge in [0.15, 0.2) is 0 Å². The number of ether oxygens (including phenoxy) is 1. The van der Waals surface area contributed by atoms with Gasteiger partial charge in [-0.3, -0.25) is 9.47 Å². The topological polar surface area (TPSA) is 50.3 Å². The van der Waals surface area contributed by atoms with E-state index in [2.05, 4.69) is 9.88 Å². The van der Waals surface area contributed by atoms with E-state index in [1.54, 1.807) is 12.1 Å². The zero-order valence-corrected chi connectivity index (χ0v) is 15.5. The van der Waals surface area contributed by atoms with Gasteiger partial charge in [0.25, 0.3) is 6.43 Å². The Labute approximate surface area is 161 Å². The molecule has 1 fully saturated rings. The average Bonchev–Trinajstić information content (AvgIpc) is 3.04. The summed E-state index contributed by atoms with van der Waals surface area (Å²) in [4.78, 5) is 17.7. The largest absolute Gasteiger partial charge is 0.488 e. The highest BCUT2D eigenvalue weighted by atomic mass is 19.3. The van der Waals surface area contributed by atoms with Gasteiger partial charge in [-0.25, -0.2) is 13.6 Å². The SMILES string of the molecule is O=c1[nH]c2ccccc2n1C1CCN(Cc2ccc(OCC(F)F)cc2)CC1. The van der Waals surface area contributed by atoms with Gasteiger partial charge in [-0.2, -0.15) is 0 Å². The first-order valence-electron chi connectivity index (χ1n) is 9.51. The molecule has 0 unspecified atom stereocenters. The average molecular weight is 387 g/mol. The maximum Gasteiger partial charge on any atom is 0.326 e. The van der Waals surface area contributed by atoms with E-state index in [9.17, 15) is 13.6 Å². The van der Waals surface area contributed by atoms with Crippen LogP contribution in [0, 0.1) is 0 Å². The minimum absolute atomic E-state index is 0.0426. The van der Waals surface area contributed by atoms with Crippen LogP contribution in [-0.4, -0.2) is 40.6 Å². The van der Waals surface area contributed by atoms with Crippen LogP contribution in [-0.2, 0) is 6.54 Å². The molecule has 0 bridgehead atoms. The Morgan fingerprint density at radius 1 is 1.07 bits per heavy atom. The molecule has 0 atom stereocenters. The third kappa shape index (κ3) is 4.09. The molecule has 1 aromatic heterocycles. The first-order chi connectivity index (χ1) is 13.6. The molecule has 1 aliphatic rings. The molecule has 1 saturated heterocycles. The summed E-state index contributed by atoms with van der Waals surface area (Å²) in [5.41, 5.74) is 2.92. The number of aromatic nitrogens is 2. The van der Waals surface area contributed by atoms with E-state index in [0.29, 0.717) is 5.75 Å². The van der Waals surface area contributed by atoms with E-state index in [1.807, 2.05) is 41.0 Å². The predicted molar refractivity (Wildman–Crippen MR) is 104 cm³/mol. The van der Waals surface area contributed by atoms with Gasteiger partial charge in [-0.15, -0.1) is 0 Å². The molecule has 5 nitrogen and oxygen atoms in total. The highest BCUT2D eigenvalue weighted by molar-refractivity contribution is 5.75. The van der Waals surface area contributed by atoms with Gasteiger partial charge in [0.05, 0.1) is 11.0 Å². The Kier molecular flexibility index (Phi) is 5.43. The number of benzene rings is 2. The van der Waals surface area contributed by atoms with Gasteiger partial charge >= 0.3 is 5.69 Å². The Bertz CT molecular complexity index is 973. The number of nitrogens with one attached hydrogen (secondary N) is 1. The number of alkyl halides is 2. The highest BCUT2D eigenvalue weighted by Crippen LogP contribution is 2.26. The lowest BCUT2D eigenvalue weighted by molar-refractivity contribution is 0.0819. The van der Waals surface area contributed by atoms with Crippen molar-refractivity contribution in [1.82, 2.24) is 14.5 Å². The fourth-order valence-corrected chi connectivity index (χ4v) is 3.88. The molecule has 7 heteroatoms. The van der Waals surface area contributed by atoms with Crippen LogP contribution >= 0.6 is 0 Å². The van der Waals surface area contributed by atoms with E-state index in [-0.39, 0.29) is 11.7 Å². The first kappa shape index (κ1) is 18.7. The van der Waals surface area contributed by atoms with Crippen LogP contribution in [0.4, 0.5) is 8.78 Å². The quantitative estimate of drug-likeness (QED) is 0.700. The van der Waals surface area contributed by atoms with Crippen LogP contribution < -0.4 is 10.4 Å². The Hall–Kier alpha value is -2.67. The molecule has 0 spiro atoms. The Morgan fingerprint density at radius 2 is 1.79 bits per heavy atom. The van der Waals surface area contributed by atoms with Crippen molar-refractivity contribution in [3.63, 3.8) is 0 Å². The van der Waals surface area contributed by atoms with Gasteiger partial charge in [-0.1, -0.05) is 24.3 Å². The van der Waals surface area contributed by atoms with E-state index < -0.39 is 13.0 Å². The minimum atomic E-state index is -2.47. The summed E-state index contributed by atoms with van der Waals surface area (Å²) < 4.78 is 31.3. The second-order valence-corrected chi connectivity index (χ2v) is 7.17. The lowest BCUT2D eigenvalue weighted by atomic mass is 10.0. The van der Waals surface area contributed by atoms with Crippen LogP contribution in [0.15, 0.2) is 53.3 Å². The van der Waals surface area contributed by atoms with Crippen molar-refractivity contribution in [1.29, 1.82) is 0 Å². The lowest BCUT2D eigenvalue weighted by Crippen LogP contribution is -2.36. The third-order valence-electron chi connectivity index (χ3n) is 5.25. The van der Waals surface area contributed by atoms with E-state index in [0.717, 1.165) is 49.1 Å². The number of likely N-dealkylation sites (tertiary alicyclic amines) is 1. The number of piperidine rings is 1. The zero-order chi connectivity index (χ0) is 19.5. The second-order valence-electron chi connectivity index (χ2n) is 7.17. The Balaban J connectivity index is 1.35.